The monoisotopic (exact) mass is 646 g/mol. The Balaban J connectivity index is 0.000000683. The molecule has 0 bridgehead atoms. The largest absolute Gasteiger partial charge is 0.451 e. The number of nitrogens with one attached hydrogen (secondary N) is 3. The van der Waals surface area contributed by atoms with Crippen LogP contribution in [0.5, 0.6) is 11.5 Å². The fraction of sp³-hybridized carbons (Fsp3) is 0.487. The molecule has 0 fully saturated rings. The van der Waals surface area contributed by atoms with Crippen molar-refractivity contribution in [2.45, 2.75) is 80.6 Å². The minimum atomic E-state index is -0.332. The number of benzene rings is 3. The molecule has 8 heteroatoms. The predicted octanol–water partition coefficient (Wildman–Crippen LogP) is 8.92. The standard InChI is InChI=1S/C31H35N3O3.C4H11NO.2C2H6/c1-4-6-9-20(3)14-16-33-31(36)24-19-34-26-17-21-10-7-8-11-22(21)18-27(26)37-30-25(32-15-5-2)13-12-23(28(30)34)29(24)35;1-5-3-4-6-2;2*1-2/h7-8,10-13,17-20,32H,4-6,9,14-16H2,1-3H3,(H,33,36);5H,3-4H2,1-2H3;2*1-2H3. The van der Waals surface area contributed by atoms with Crippen molar-refractivity contribution in [3.05, 3.63) is 70.5 Å². The first-order valence-electron chi connectivity index (χ1n) is 17.5. The maximum Gasteiger partial charge on any atom is 0.256 e. The van der Waals surface area contributed by atoms with Gasteiger partial charge >= 0.3 is 0 Å². The minimum Gasteiger partial charge on any atom is -0.451 e. The second-order valence-corrected chi connectivity index (χ2v) is 11.2. The molecule has 0 saturated heterocycles. The molecule has 4 aromatic rings. The number of methoxy groups -OCH3 is 1. The molecule has 2 heterocycles. The van der Waals surface area contributed by atoms with Gasteiger partial charge in [-0.05, 0) is 60.8 Å². The van der Waals surface area contributed by atoms with Crippen molar-refractivity contribution < 1.29 is 14.3 Å². The number of nitrogens with zero attached hydrogens (tertiary/aromatic N) is 1. The molecule has 1 atom stereocenters. The van der Waals surface area contributed by atoms with E-state index >= 15 is 0 Å². The highest BCUT2D eigenvalue weighted by Gasteiger charge is 2.26. The first kappa shape index (κ1) is 39.3. The average Bonchev–Trinajstić information content (AvgIpc) is 3.11. The van der Waals surface area contributed by atoms with Gasteiger partial charge in [0.15, 0.2) is 11.5 Å². The molecule has 47 heavy (non-hydrogen) atoms. The molecule has 0 saturated carbocycles. The van der Waals surface area contributed by atoms with Gasteiger partial charge in [0.05, 0.1) is 23.4 Å². The normalized spacial score (nSPS) is 11.4. The van der Waals surface area contributed by atoms with Gasteiger partial charge in [-0.25, -0.2) is 0 Å². The Kier molecular flexibility index (Phi) is 17.6. The van der Waals surface area contributed by atoms with Crippen LogP contribution in [0.4, 0.5) is 5.69 Å². The van der Waals surface area contributed by atoms with Crippen LogP contribution in [0.15, 0.2) is 59.5 Å². The first-order valence-corrected chi connectivity index (χ1v) is 17.5. The minimum absolute atomic E-state index is 0.148. The number of rotatable bonds is 13. The van der Waals surface area contributed by atoms with E-state index in [9.17, 15) is 9.59 Å². The summed E-state index contributed by atoms with van der Waals surface area (Å²) in [7, 11) is 3.59. The van der Waals surface area contributed by atoms with E-state index in [1.54, 1.807) is 19.4 Å². The van der Waals surface area contributed by atoms with E-state index in [-0.39, 0.29) is 16.9 Å². The highest BCUT2D eigenvalue weighted by molar-refractivity contribution is 6.01. The van der Waals surface area contributed by atoms with Crippen LogP contribution in [0.1, 0.15) is 90.9 Å². The van der Waals surface area contributed by atoms with Gasteiger partial charge in [0.25, 0.3) is 5.91 Å². The summed E-state index contributed by atoms with van der Waals surface area (Å²) in [5, 5.41) is 12.0. The van der Waals surface area contributed by atoms with E-state index < -0.39 is 0 Å². The Labute approximate surface area is 282 Å². The number of carbonyl (C=O) groups excluding carboxylic acids is 1. The summed E-state index contributed by atoms with van der Waals surface area (Å²) in [5.74, 6) is 1.51. The van der Waals surface area contributed by atoms with Crippen LogP contribution < -0.4 is 26.1 Å². The number of fused-ring (bicyclic) bond motifs is 3. The lowest BCUT2D eigenvalue weighted by Gasteiger charge is -2.26. The predicted molar refractivity (Wildman–Crippen MR) is 200 cm³/mol. The number of unbranched alkanes of at least 4 members (excludes halogenated alkanes) is 1. The van der Waals surface area contributed by atoms with Gasteiger partial charge < -0.3 is 30.0 Å². The lowest BCUT2D eigenvalue weighted by molar-refractivity contribution is 0.0950. The molecule has 3 aromatic carbocycles. The highest BCUT2D eigenvalue weighted by atomic mass is 16.5. The molecule has 1 amide bonds. The van der Waals surface area contributed by atoms with Gasteiger partial charge in [0, 0.05) is 32.9 Å². The zero-order valence-electron chi connectivity index (χ0n) is 30.2. The van der Waals surface area contributed by atoms with Crippen LogP contribution in [-0.4, -0.2) is 50.9 Å². The van der Waals surface area contributed by atoms with Crippen LogP contribution in [0.2, 0.25) is 0 Å². The number of anilines is 1. The summed E-state index contributed by atoms with van der Waals surface area (Å²) < 4.78 is 13.1. The number of likely N-dealkylation sites (N-methyl/N-ethyl adjacent to an activating group) is 1. The Morgan fingerprint density at radius 1 is 0.936 bits per heavy atom. The smallest absolute Gasteiger partial charge is 0.256 e. The third-order valence-corrected chi connectivity index (χ3v) is 7.76. The van der Waals surface area contributed by atoms with Gasteiger partial charge in [-0.2, -0.15) is 0 Å². The van der Waals surface area contributed by atoms with Crippen LogP contribution in [0.3, 0.4) is 0 Å². The van der Waals surface area contributed by atoms with E-state index in [1.165, 1.54) is 12.8 Å². The van der Waals surface area contributed by atoms with E-state index in [0.29, 0.717) is 34.9 Å². The average molecular weight is 647 g/mol. The topological polar surface area (TPSA) is 93.6 Å². The second kappa shape index (κ2) is 21.1. The maximum atomic E-state index is 13.6. The van der Waals surface area contributed by atoms with E-state index in [2.05, 4.69) is 54.9 Å². The number of pyridine rings is 1. The summed E-state index contributed by atoms with van der Waals surface area (Å²) in [6.45, 7) is 17.6. The molecule has 3 N–H and O–H groups in total. The lowest BCUT2D eigenvalue weighted by atomic mass is 10.0. The van der Waals surface area contributed by atoms with Crippen molar-refractivity contribution in [1.82, 2.24) is 15.2 Å². The molecule has 1 unspecified atom stereocenters. The summed E-state index contributed by atoms with van der Waals surface area (Å²) in [6, 6.07) is 15.9. The molecular formula is C39H58N4O4. The van der Waals surface area contributed by atoms with Crippen molar-refractivity contribution in [1.29, 1.82) is 0 Å². The van der Waals surface area contributed by atoms with Crippen molar-refractivity contribution in [2.75, 3.05) is 45.7 Å². The Hall–Kier alpha value is -3.88. The molecule has 0 aliphatic carbocycles. The highest BCUT2D eigenvalue weighted by Crippen LogP contribution is 2.45. The van der Waals surface area contributed by atoms with E-state index in [1.807, 2.05) is 63.6 Å². The second-order valence-electron chi connectivity index (χ2n) is 11.2. The van der Waals surface area contributed by atoms with E-state index in [4.69, 9.17) is 9.47 Å². The summed E-state index contributed by atoms with van der Waals surface area (Å²) in [4.78, 5) is 26.8. The molecule has 258 valence electrons. The summed E-state index contributed by atoms with van der Waals surface area (Å²) >= 11 is 0. The van der Waals surface area contributed by atoms with Gasteiger partial charge in [-0.3, -0.25) is 9.59 Å². The summed E-state index contributed by atoms with van der Waals surface area (Å²) in [6.07, 6.45) is 7.05. The van der Waals surface area contributed by atoms with Crippen molar-refractivity contribution >= 4 is 33.3 Å². The molecule has 1 aliphatic heterocycles. The van der Waals surface area contributed by atoms with Gasteiger partial charge in [0.2, 0.25) is 5.43 Å². The quantitative estimate of drug-likeness (QED) is 0.111. The molecule has 1 aromatic heterocycles. The van der Waals surface area contributed by atoms with Crippen LogP contribution in [0, 0.1) is 5.92 Å². The Bertz CT molecular complexity index is 1590. The fourth-order valence-electron chi connectivity index (χ4n) is 5.26. The zero-order valence-corrected chi connectivity index (χ0v) is 30.2. The van der Waals surface area contributed by atoms with Crippen molar-refractivity contribution in [3.8, 4) is 17.2 Å². The number of hydrogen-bond donors (Lipinski definition) is 3. The van der Waals surface area contributed by atoms with Crippen LogP contribution in [-0.2, 0) is 4.74 Å². The Morgan fingerprint density at radius 2 is 1.64 bits per heavy atom. The third-order valence-electron chi connectivity index (χ3n) is 7.76. The maximum absolute atomic E-state index is 13.6. The number of aromatic nitrogens is 1. The zero-order chi connectivity index (χ0) is 34.8. The number of ether oxygens (including phenoxy) is 2. The summed E-state index contributed by atoms with van der Waals surface area (Å²) in [5.41, 5.74) is 2.19. The molecule has 5 rings (SSSR count). The first-order chi connectivity index (χ1) is 22.9. The lowest BCUT2D eigenvalue weighted by Crippen LogP contribution is -2.31. The third kappa shape index (κ3) is 10.3. The molecule has 8 nitrogen and oxygen atoms in total. The molecule has 0 spiro atoms. The molecule has 0 radical (unpaired) electrons. The molecular weight excluding hydrogens is 588 g/mol. The van der Waals surface area contributed by atoms with Crippen LogP contribution >= 0.6 is 0 Å². The number of hydrogen-bond acceptors (Lipinski definition) is 6. The fourth-order valence-corrected chi connectivity index (χ4v) is 5.26. The van der Waals surface area contributed by atoms with Gasteiger partial charge in [0.1, 0.15) is 11.1 Å². The number of amides is 1. The van der Waals surface area contributed by atoms with Gasteiger partial charge in [-0.1, -0.05) is 92.0 Å². The van der Waals surface area contributed by atoms with Gasteiger partial charge in [-0.15, -0.1) is 0 Å². The molecule has 1 aliphatic rings. The van der Waals surface area contributed by atoms with Crippen LogP contribution in [0.25, 0.3) is 27.4 Å². The Morgan fingerprint density at radius 3 is 2.26 bits per heavy atom. The SMILES string of the molecule is CC.CC.CCCCC(C)CCNC(=O)c1cn2c3c(c(NCCC)ccc3c1=O)Oc1cc3ccccc3cc1-2.CNCCOC. The number of carbonyl (C=O) groups is 1. The van der Waals surface area contributed by atoms with E-state index in [0.717, 1.165) is 61.1 Å². The van der Waals surface area contributed by atoms with Crippen molar-refractivity contribution in [2.24, 2.45) is 5.92 Å². The van der Waals surface area contributed by atoms with Crippen molar-refractivity contribution in [3.63, 3.8) is 0 Å².